The fourth-order valence-electron chi connectivity index (χ4n) is 4.32. The van der Waals surface area contributed by atoms with Crippen molar-refractivity contribution >= 4 is 33.4 Å². The van der Waals surface area contributed by atoms with E-state index in [9.17, 15) is 14.7 Å². The summed E-state index contributed by atoms with van der Waals surface area (Å²) in [6.07, 6.45) is 0.464. The number of carbonyl (C=O) groups is 2. The zero-order valence-corrected chi connectivity index (χ0v) is 21.7. The summed E-state index contributed by atoms with van der Waals surface area (Å²) in [6.45, 7) is 0.249. The van der Waals surface area contributed by atoms with E-state index in [1.807, 2.05) is 18.2 Å². The number of amides is 1. The van der Waals surface area contributed by atoms with Crippen molar-refractivity contribution < 1.29 is 28.9 Å². The van der Waals surface area contributed by atoms with E-state index in [0.29, 0.717) is 34.8 Å². The van der Waals surface area contributed by atoms with Gasteiger partial charge in [0, 0.05) is 16.6 Å². The van der Waals surface area contributed by atoms with E-state index < -0.39 is 17.7 Å². The maximum absolute atomic E-state index is 13.2. The number of likely N-dealkylation sites (tertiary alicyclic amines) is 1. The molecule has 0 spiro atoms. The molecular weight excluding hydrogens is 526 g/mol. The number of nitrogens with zero attached hydrogens (tertiary/aromatic N) is 1. The third-order valence-electron chi connectivity index (χ3n) is 6.16. The maximum Gasteiger partial charge on any atom is 0.295 e. The quantitative estimate of drug-likeness (QED) is 0.237. The second-order valence-electron chi connectivity index (χ2n) is 8.22. The van der Waals surface area contributed by atoms with Crippen LogP contribution in [0, 0.1) is 0 Å². The van der Waals surface area contributed by atoms with Gasteiger partial charge < -0.3 is 24.2 Å². The van der Waals surface area contributed by atoms with Crippen LogP contribution in [0.5, 0.6) is 17.2 Å². The van der Waals surface area contributed by atoms with Crippen molar-refractivity contribution in [1.82, 2.24) is 4.90 Å². The molecule has 186 valence electrons. The van der Waals surface area contributed by atoms with Crippen molar-refractivity contribution in [2.24, 2.45) is 0 Å². The molecule has 1 unspecified atom stereocenters. The lowest BCUT2D eigenvalue weighted by molar-refractivity contribution is -0.139. The standard InChI is InChI=1S/C28H26BrNO6/c1-34-21-6-4-5-19(16-21)25-24(26(31)18-8-10-20(29)11-9-18)27(32)28(33)30(25)14-13-17-7-12-22(35-2)23(15-17)36-3/h4-12,15-16,25,31H,13-14H2,1-3H3. The third kappa shape index (κ3) is 4.95. The Balaban J connectivity index is 1.75. The first kappa shape index (κ1) is 25.3. The Morgan fingerprint density at radius 2 is 1.64 bits per heavy atom. The first-order valence-electron chi connectivity index (χ1n) is 11.3. The molecule has 3 aromatic rings. The smallest absolute Gasteiger partial charge is 0.295 e. The Kier molecular flexibility index (Phi) is 7.64. The van der Waals surface area contributed by atoms with Crippen LogP contribution in [0.1, 0.15) is 22.7 Å². The van der Waals surface area contributed by atoms with Gasteiger partial charge >= 0.3 is 0 Å². The highest BCUT2D eigenvalue weighted by molar-refractivity contribution is 9.10. The zero-order valence-electron chi connectivity index (χ0n) is 20.2. The van der Waals surface area contributed by atoms with E-state index in [1.165, 1.54) is 4.90 Å². The number of methoxy groups -OCH3 is 3. The number of ether oxygens (including phenoxy) is 3. The summed E-state index contributed by atoms with van der Waals surface area (Å²) in [5, 5.41) is 11.2. The minimum atomic E-state index is -0.774. The largest absolute Gasteiger partial charge is 0.507 e. The van der Waals surface area contributed by atoms with Crippen LogP contribution >= 0.6 is 15.9 Å². The summed E-state index contributed by atoms with van der Waals surface area (Å²) >= 11 is 3.38. The van der Waals surface area contributed by atoms with E-state index in [4.69, 9.17) is 14.2 Å². The number of benzene rings is 3. The van der Waals surface area contributed by atoms with Crippen LogP contribution in [-0.2, 0) is 16.0 Å². The van der Waals surface area contributed by atoms with Gasteiger partial charge in [-0.25, -0.2) is 0 Å². The molecule has 1 aliphatic heterocycles. The van der Waals surface area contributed by atoms with Crippen molar-refractivity contribution in [2.75, 3.05) is 27.9 Å². The van der Waals surface area contributed by atoms with Crippen LogP contribution in [0.4, 0.5) is 0 Å². The molecule has 1 atom stereocenters. The SMILES string of the molecule is COc1cccc(C2C(=C(O)c3ccc(Br)cc3)C(=O)C(=O)N2CCc2ccc(OC)c(OC)c2)c1. The molecule has 3 aromatic carbocycles. The Labute approximate surface area is 218 Å². The molecule has 36 heavy (non-hydrogen) atoms. The average molecular weight is 552 g/mol. The number of hydrogen-bond donors (Lipinski definition) is 1. The van der Waals surface area contributed by atoms with Gasteiger partial charge in [0.15, 0.2) is 11.5 Å². The van der Waals surface area contributed by atoms with Crippen molar-refractivity contribution in [3.05, 3.63) is 93.5 Å². The van der Waals surface area contributed by atoms with E-state index in [-0.39, 0.29) is 17.9 Å². The van der Waals surface area contributed by atoms with Gasteiger partial charge in [0.25, 0.3) is 11.7 Å². The lowest BCUT2D eigenvalue weighted by Crippen LogP contribution is -2.31. The molecule has 7 nitrogen and oxygen atoms in total. The first-order valence-corrected chi connectivity index (χ1v) is 12.1. The minimum absolute atomic E-state index is 0.0443. The Hall–Kier alpha value is -3.78. The summed E-state index contributed by atoms with van der Waals surface area (Å²) in [7, 11) is 4.68. The van der Waals surface area contributed by atoms with Crippen molar-refractivity contribution in [1.29, 1.82) is 0 Å². The molecule has 8 heteroatoms. The second-order valence-corrected chi connectivity index (χ2v) is 9.13. The van der Waals surface area contributed by atoms with Gasteiger partial charge in [0.2, 0.25) is 0 Å². The van der Waals surface area contributed by atoms with Crippen LogP contribution in [0.3, 0.4) is 0 Å². The van der Waals surface area contributed by atoms with Crippen LogP contribution in [-0.4, -0.2) is 49.6 Å². The highest BCUT2D eigenvalue weighted by Gasteiger charge is 2.46. The zero-order chi connectivity index (χ0) is 25.8. The van der Waals surface area contributed by atoms with E-state index in [2.05, 4.69) is 15.9 Å². The lowest BCUT2D eigenvalue weighted by atomic mass is 9.95. The number of ketones is 1. The van der Waals surface area contributed by atoms with Crippen LogP contribution in [0.2, 0.25) is 0 Å². The molecule has 0 aromatic heterocycles. The van der Waals surface area contributed by atoms with Gasteiger partial charge in [-0.2, -0.15) is 0 Å². The van der Waals surface area contributed by atoms with Crippen molar-refractivity contribution in [2.45, 2.75) is 12.5 Å². The van der Waals surface area contributed by atoms with Crippen molar-refractivity contribution in [3.63, 3.8) is 0 Å². The number of halogens is 1. The monoisotopic (exact) mass is 551 g/mol. The molecule has 4 rings (SSSR count). The Morgan fingerprint density at radius 3 is 2.31 bits per heavy atom. The fraction of sp³-hybridized carbons (Fsp3) is 0.214. The van der Waals surface area contributed by atoms with Crippen LogP contribution in [0.25, 0.3) is 5.76 Å². The van der Waals surface area contributed by atoms with E-state index >= 15 is 0 Å². The van der Waals surface area contributed by atoms with Gasteiger partial charge in [-0.1, -0.05) is 46.3 Å². The number of aliphatic hydroxyl groups is 1. The summed E-state index contributed by atoms with van der Waals surface area (Å²) in [5.74, 6) is 0.158. The Morgan fingerprint density at radius 1 is 0.917 bits per heavy atom. The molecule has 0 bridgehead atoms. The number of carbonyl (C=O) groups excluding carboxylic acids is 2. The Bertz CT molecular complexity index is 1320. The molecule has 1 fully saturated rings. The molecule has 0 saturated carbocycles. The van der Waals surface area contributed by atoms with Gasteiger partial charge in [0.1, 0.15) is 11.5 Å². The number of hydrogen-bond acceptors (Lipinski definition) is 6. The molecular formula is C28H26BrNO6. The molecule has 0 radical (unpaired) electrons. The number of aliphatic hydroxyl groups excluding tert-OH is 1. The van der Waals surface area contributed by atoms with Gasteiger partial charge in [-0.05, 0) is 53.9 Å². The highest BCUT2D eigenvalue weighted by atomic mass is 79.9. The summed E-state index contributed by atoms with van der Waals surface area (Å²) < 4.78 is 16.9. The molecule has 1 aliphatic rings. The van der Waals surface area contributed by atoms with Gasteiger partial charge in [0.05, 0.1) is 32.9 Å². The predicted molar refractivity (Wildman–Crippen MR) is 139 cm³/mol. The molecule has 1 heterocycles. The summed E-state index contributed by atoms with van der Waals surface area (Å²) in [4.78, 5) is 28.0. The minimum Gasteiger partial charge on any atom is -0.507 e. The van der Waals surface area contributed by atoms with Gasteiger partial charge in [-0.3, -0.25) is 9.59 Å². The normalized spacial score (nSPS) is 16.8. The third-order valence-corrected chi connectivity index (χ3v) is 6.69. The van der Waals surface area contributed by atoms with Gasteiger partial charge in [-0.15, -0.1) is 0 Å². The van der Waals surface area contributed by atoms with E-state index in [0.717, 1.165) is 10.0 Å². The van der Waals surface area contributed by atoms with Crippen LogP contribution < -0.4 is 14.2 Å². The predicted octanol–water partition coefficient (Wildman–Crippen LogP) is 5.14. The maximum atomic E-state index is 13.2. The highest BCUT2D eigenvalue weighted by Crippen LogP contribution is 2.40. The first-order chi connectivity index (χ1) is 17.4. The van der Waals surface area contributed by atoms with Crippen LogP contribution in [0.15, 0.2) is 76.8 Å². The molecule has 1 saturated heterocycles. The lowest BCUT2D eigenvalue weighted by Gasteiger charge is -2.26. The summed E-state index contributed by atoms with van der Waals surface area (Å²) in [5.41, 5.74) is 2.07. The topological polar surface area (TPSA) is 85.3 Å². The fourth-order valence-corrected chi connectivity index (χ4v) is 4.58. The number of Topliss-reactive ketones (excluding diaryl/α,β-unsaturated/α-hetero) is 1. The number of rotatable bonds is 8. The molecule has 1 N–H and O–H groups in total. The average Bonchev–Trinajstić information content (AvgIpc) is 3.16. The molecule has 1 amide bonds. The molecule has 0 aliphatic carbocycles. The van der Waals surface area contributed by atoms with E-state index in [1.54, 1.807) is 69.9 Å². The second kappa shape index (κ2) is 10.9. The summed E-state index contributed by atoms with van der Waals surface area (Å²) in [6, 6.07) is 18.9. The van der Waals surface area contributed by atoms with Crippen molar-refractivity contribution in [3.8, 4) is 17.2 Å².